The van der Waals surface area contributed by atoms with Crippen LogP contribution in [0.3, 0.4) is 0 Å². The predicted molar refractivity (Wildman–Crippen MR) is 134 cm³/mol. The molecule has 1 heterocycles. The van der Waals surface area contributed by atoms with E-state index in [0.717, 1.165) is 16.7 Å². The van der Waals surface area contributed by atoms with Crippen LogP contribution in [-0.2, 0) is 0 Å². The summed E-state index contributed by atoms with van der Waals surface area (Å²) >= 11 is 5.13. The largest absolute Gasteiger partial charge is 0.368 e. The molecule has 38 heavy (non-hydrogen) atoms. The lowest BCUT2D eigenvalue weighted by Crippen LogP contribution is -2.47. The van der Waals surface area contributed by atoms with Gasteiger partial charge in [-0.3, -0.25) is 20.2 Å². The number of carbonyl (C=O) groups excluding carboxylic acids is 1. The van der Waals surface area contributed by atoms with Crippen LogP contribution in [0, 0.1) is 39.2 Å². The van der Waals surface area contributed by atoms with Crippen LogP contribution < -0.4 is 20.4 Å². The summed E-state index contributed by atoms with van der Waals surface area (Å²) in [6, 6.07) is 11.9. The van der Waals surface area contributed by atoms with Gasteiger partial charge < -0.3 is 15.1 Å². The summed E-state index contributed by atoms with van der Waals surface area (Å²) in [5, 5.41) is 16.1. The SMILES string of the molecule is O=C(NC(=S)Nc1ccc(N2CCN(c3c(F)c(F)c(F)c(F)c3F)CC2)cc1)c1cccc([N+](=O)[O-])c1. The van der Waals surface area contributed by atoms with E-state index < -0.39 is 45.6 Å². The maximum atomic E-state index is 14.1. The number of hydrogen-bond acceptors (Lipinski definition) is 6. The van der Waals surface area contributed by atoms with Crippen LogP contribution in [0.4, 0.5) is 44.7 Å². The Morgan fingerprint density at radius 1 is 0.842 bits per heavy atom. The van der Waals surface area contributed by atoms with Crippen LogP contribution in [0.25, 0.3) is 0 Å². The van der Waals surface area contributed by atoms with Crippen LogP contribution in [-0.4, -0.2) is 42.1 Å². The number of piperazine rings is 1. The second-order valence-electron chi connectivity index (χ2n) is 8.16. The van der Waals surface area contributed by atoms with Gasteiger partial charge in [-0.1, -0.05) is 6.07 Å². The zero-order valence-corrected chi connectivity index (χ0v) is 20.1. The number of thiocarbonyl (C=S) groups is 1. The van der Waals surface area contributed by atoms with Crippen molar-refractivity contribution < 1.29 is 31.7 Å². The first-order valence-corrected chi connectivity index (χ1v) is 11.5. The highest BCUT2D eigenvalue weighted by molar-refractivity contribution is 7.80. The fraction of sp³-hybridized carbons (Fsp3) is 0.167. The van der Waals surface area contributed by atoms with Crippen LogP contribution in [0.15, 0.2) is 48.5 Å². The zero-order chi connectivity index (χ0) is 27.6. The summed E-state index contributed by atoms with van der Waals surface area (Å²) in [5.74, 6) is -10.5. The zero-order valence-electron chi connectivity index (χ0n) is 19.3. The summed E-state index contributed by atoms with van der Waals surface area (Å²) in [7, 11) is 0. The van der Waals surface area contributed by atoms with E-state index in [9.17, 15) is 36.9 Å². The van der Waals surface area contributed by atoms with Gasteiger partial charge in [0.15, 0.2) is 28.4 Å². The summed E-state index contributed by atoms with van der Waals surface area (Å²) in [6.07, 6.45) is 0. The Morgan fingerprint density at radius 3 is 1.97 bits per heavy atom. The minimum Gasteiger partial charge on any atom is -0.368 e. The number of nitrogens with zero attached hydrogens (tertiary/aromatic N) is 3. The quantitative estimate of drug-likeness (QED) is 0.118. The molecule has 1 fully saturated rings. The molecule has 3 aromatic carbocycles. The molecule has 0 aromatic heterocycles. The summed E-state index contributed by atoms with van der Waals surface area (Å²) in [5.41, 5.74) is 0.141. The van der Waals surface area contributed by atoms with Gasteiger partial charge in [0, 0.05) is 55.2 Å². The molecule has 0 radical (unpaired) electrons. The molecule has 0 spiro atoms. The Labute approximate surface area is 217 Å². The second kappa shape index (κ2) is 11.0. The normalized spacial score (nSPS) is 13.3. The van der Waals surface area contributed by atoms with Crippen molar-refractivity contribution in [3.63, 3.8) is 0 Å². The number of amides is 1. The number of non-ortho nitro benzene ring substituents is 1. The molecule has 14 heteroatoms. The van der Waals surface area contributed by atoms with E-state index >= 15 is 0 Å². The third kappa shape index (κ3) is 5.49. The minimum absolute atomic E-state index is 0.0200. The fourth-order valence-electron chi connectivity index (χ4n) is 3.91. The number of rotatable bonds is 5. The highest BCUT2D eigenvalue weighted by atomic mass is 32.1. The Morgan fingerprint density at radius 2 is 1.39 bits per heavy atom. The molecular formula is C24H18F5N5O3S. The lowest BCUT2D eigenvalue weighted by molar-refractivity contribution is -0.384. The molecule has 1 aliphatic rings. The number of benzene rings is 3. The van der Waals surface area contributed by atoms with E-state index in [1.165, 1.54) is 18.2 Å². The molecule has 0 unspecified atom stereocenters. The van der Waals surface area contributed by atoms with E-state index in [-0.39, 0.29) is 42.5 Å². The van der Waals surface area contributed by atoms with Crippen LogP contribution in [0.1, 0.15) is 10.4 Å². The van der Waals surface area contributed by atoms with Crippen LogP contribution >= 0.6 is 12.2 Å². The van der Waals surface area contributed by atoms with E-state index in [0.29, 0.717) is 5.69 Å². The van der Waals surface area contributed by atoms with Gasteiger partial charge in [0.1, 0.15) is 5.69 Å². The van der Waals surface area contributed by atoms with Crippen molar-refractivity contribution in [3.05, 3.63) is 93.3 Å². The van der Waals surface area contributed by atoms with Crippen molar-refractivity contribution >= 4 is 46.0 Å². The smallest absolute Gasteiger partial charge is 0.270 e. The first kappa shape index (κ1) is 26.7. The van der Waals surface area contributed by atoms with Gasteiger partial charge in [-0.25, -0.2) is 22.0 Å². The topological polar surface area (TPSA) is 90.8 Å². The lowest BCUT2D eigenvalue weighted by atomic mass is 10.2. The van der Waals surface area contributed by atoms with Gasteiger partial charge in [0.2, 0.25) is 5.82 Å². The molecule has 0 saturated carbocycles. The third-order valence-electron chi connectivity index (χ3n) is 5.82. The van der Waals surface area contributed by atoms with Crippen molar-refractivity contribution in [2.45, 2.75) is 0 Å². The molecule has 1 amide bonds. The molecular weight excluding hydrogens is 533 g/mol. The number of nitrogens with one attached hydrogen (secondary N) is 2. The van der Waals surface area contributed by atoms with E-state index in [2.05, 4.69) is 10.6 Å². The number of halogens is 5. The van der Waals surface area contributed by atoms with Gasteiger partial charge in [-0.15, -0.1) is 0 Å². The average Bonchev–Trinajstić information content (AvgIpc) is 2.91. The Bertz CT molecular complexity index is 1390. The third-order valence-corrected chi connectivity index (χ3v) is 6.02. The summed E-state index contributed by atoms with van der Waals surface area (Å²) in [6.45, 7) is 0.548. The molecule has 0 atom stereocenters. The minimum atomic E-state index is -2.20. The Kier molecular flexibility index (Phi) is 7.71. The van der Waals surface area contributed by atoms with Gasteiger partial charge in [-0.2, -0.15) is 0 Å². The van der Waals surface area contributed by atoms with Crippen molar-refractivity contribution in [1.82, 2.24) is 5.32 Å². The molecule has 4 rings (SSSR count). The monoisotopic (exact) mass is 551 g/mol. The molecule has 1 aliphatic heterocycles. The van der Waals surface area contributed by atoms with Gasteiger partial charge in [0.25, 0.3) is 11.6 Å². The average molecular weight is 551 g/mol. The molecule has 1 saturated heterocycles. The van der Waals surface area contributed by atoms with Gasteiger partial charge in [0.05, 0.1) is 4.92 Å². The van der Waals surface area contributed by atoms with Crippen molar-refractivity contribution in [1.29, 1.82) is 0 Å². The van der Waals surface area contributed by atoms with E-state index in [4.69, 9.17) is 12.2 Å². The van der Waals surface area contributed by atoms with Gasteiger partial charge in [-0.05, 0) is 42.5 Å². The number of nitro benzene ring substituents is 1. The Balaban J connectivity index is 1.34. The first-order valence-electron chi connectivity index (χ1n) is 11.0. The highest BCUT2D eigenvalue weighted by Gasteiger charge is 2.30. The number of nitro groups is 1. The highest BCUT2D eigenvalue weighted by Crippen LogP contribution is 2.31. The van der Waals surface area contributed by atoms with Crippen LogP contribution in [0.5, 0.6) is 0 Å². The van der Waals surface area contributed by atoms with Crippen molar-refractivity contribution in [2.75, 3.05) is 41.3 Å². The molecule has 3 aromatic rings. The Hall–Kier alpha value is -4.33. The second-order valence-corrected chi connectivity index (χ2v) is 8.56. The van der Waals surface area contributed by atoms with Crippen LogP contribution in [0.2, 0.25) is 0 Å². The summed E-state index contributed by atoms with van der Waals surface area (Å²) < 4.78 is 68.7. The predicted octanol–water partition coefficient (Wildman–Crippen LogP) is 4.74. The first-order chi connectivity index (χ1) is 18.1. The molecule has 0 bridgehead atoms. The molecule has 2 N–H and O–H groups in total. The maximum absolute atomic E-state index is 14.1. The maximum Gasteiger partial charge on any atom is 0.270 e. The molecule has 198 valence electrons. The number of carbonyl (C=O) groups is 1. The van der Waals surface area contributed by atoms with Crippen molar-refractivity contribution in [3.8, 4) is 0 Å². The van der Waals surface area contributed by atoms with Gasteiger partial charge >= 0.3 is 0 Å². The molecule has 8 nitrogen and oxygen atoms in total. The van der Waals surface area contributed by atoms with E-state index in [1.54, 1.807) is 24.3 Å². The number of anilines is 3. The summed E-state index contributed by atoms with van der Waals surface area (Å²) in [4.78, 5) is 25.6. The number of hydrogen-bond donors (Lipinski definition) is 2. The fourth-order valence-corrected chi connectivity index (χ4v) is 4.12. The van der Waals surface area contributed by atoms with Crippen molar-refractivity contribution in [2.24, 2.45) is 0 Å². The lowest BCUT2D eigenvalue weighted by Gasteiger charge is -2.37. The van der Waals surface area contributed by atoms with E-state index in [1.807, 2.05) is 4.90 Å². The standard InChI is InChI=1S/C24H18F5N5O3S/c25-17-18(26)20(28)22(21(29)19(17)27)33-10-8-32(9-11-33)15-6-4-14(5-7-15)30-24(38)31-23(35)13-2-1-3-16(12-13)34(36)37/h1-7,12H,8-11H2,(H2,30,31,35,38). The molecule has 0 aliphatic carbocycles.